The van der Waals surface area contributed by atoms with Gasteiger partial charge in [-0.25, -0.2) is 4.98 Å². The first-order valence-corrected chi connectivity index (χ1v) is 16.8. The van der Waals surface area contributed by atoms with E-state index in [1.54, 1.807) is 24.3 Å². The summed E-state index contributed by atoms with van der Waals surface area (Å²) in [5, 5.41) is 3.49. The number of fused-ring (bicyclic) bond motifs is 1. The molecule has 3 aliphatic heterocycles. The lowest BCUT2D eigenvalue weighted by atomic mass is 9.94. The number of benzene rings is 3. The van der Waals surface area contributed by atoms with Gasteiger partial charge in [0.25, 0.3) is 5.91 Å². The lowest BCUT2D eigenvalue weighted by Gasteiger charge is -2.39. The molecule has 3 aromatic carbocycles. The molecule has 2 saturated heterocycles. The summed E-state index contributed by atoms with van der Waals surface area (Å²) in [6.07, 6.45) is 3.21. The highest BCUT2D eigenvalue weighted by atomic mass is 35.5. The lowest BCUT2D eigenvalue weighted by Crippen LogP contribution is -2.51. The number of amides is 2. The van der Waals surface area contributed by atoms with E-state index in [1.807, 2.05) is 35.2 Å². The van der Waals surface area contributed by atoms with Crippen molar-refractivity contribution < 1.29 is 23.8 Å². The number of rotatable bonds is 8. The normalized spacial score (nSPS) is 16.5. The maximum Gasteiger partial charge on any atom is 0.255 e. The van der Waals surface area contributed by atoms with Crippen LogP contribution in [0.25, 0.3) is 0 Å². The standard InChI is InChI=1S/C36H35Cl2N5O5/c37-30-8-2-26(20-31(30)38)35(44)40-27-3-10-34(39-21-27)48-29-6-4-28(5-7-29)42-13-11-25(12-14-42)36(45)43-17-15-41(16-18-43)22-24-1-9-32-33(19-24)47-23-46-32/h1-10,19-21,25H,11-18,22-23H2,(H,40,44). The minimum Gasteiger partial charge on any atom is -0.454 e. The SMILES string of the molecule is O=C(Nc1ccc(Oc2ccc(N3CCC(C(=O)N4CCN(Cc5ccc6c(c5)OCO6)CC4)CC3)cc2)nc1)c1ccc(Cl)c(Cl)c1. The van der Waals surface area contributed by atoms with Gasteiger partial charge in [-0.15, -0.1) is 0 Å². The first-order chi connectivity index (χ1) is 23.4. The molecule has 3 aliphatic rings. The molecular formula is C36H35Cl2N5O5. The molecule has 2 fully saturated rings. The van der Waals surface area contributed by atoms with Gasteiger partial charge < -0.3 is 29.3 Å². The summed E-state index contributed by atoms with van der Waals surface area (Å²) < 4.78 is 16.9. The molecule has 7 rings (SSSR count). The molecule has 0 atom stereocenters. The fraction of sp³-hybridized carbons (Fsp3) is 0.306. The van der Waals surface area contributed by atoms with Crippen LogP contribution < -0.4 is 24.4 Å². The molecule has 10 nitrogen and oxygen atoms in total. The van der Waals surface area contributed by atoms with Crippen LogP contribution in [0.3, 0.4) is 0 Å². The Bertz CT molecular complexity index is 1770. The largest absolute Gasteiger partial charge is 0.454 e. The third-order valence-corrected chi connectivity index (χ3v) is 9.71. The number of carbonyl (C=O) groups excluding carboxylic acids is 2. The molecule has 1 N–H and O–H groups in total. The van der Waals surface area contributed by atoms with Crippen molar-refractivity contribution in [1.29, 1.82) is 0 Å². The molecule has 0 aliphatic carbocycles. The van der Waals surface area contributed by atoms with Crippen LogP contribution in [0.15, 0.2) is 79.0 Å². The second-order valence-electron chi connectivity index (χ2n) is 12.1. The van der Waals surface area contributed by atoms with Crippen LogP contribution >= 0.6 is 23.2 Å². The van der Waals surface area contributed by atoms with Gasteiger partial charge >= 0.3 is 0 Å². The average Bonchev–Trinajstić information content (AvgIpc) is 3.59. The van der Waals surface area contributed by atoms with E-state index in [0.29, 0.717) is 32.9 Å². The number of carbonyl (C=O) groups is 2. The van der Waals surface area contributed by atoms with Gasteiger partial charge in [0.2, 0.25) is 18.6 Å². The highest BCUT2D eigenvalue weighted by Crippen LogP contribution is 2.33. The Morgan fingerprint density at radius 2 is 1.60 bits per heavy atom. The third kappa shape index (κ3) is 7.46. The number of ether oxygens (including phenoxy) is 3. The predicted molar refractivity (Wildman–Crippen MR) is 185 cm³/mol. The Kier molecular flexibility index (Phi) is 9.56. The van der Waals surface area contributed by atoms with Crippen LogP contribution in [0.1, 0.15) is 28.8 Å². The molecule has 248 valence electrons. The van der Waals surface area contributed by atoms with Crippen molar-refractivity contribution in [3.05, 3.63) is 100 Å². The zero-order valence-electron chi connectivity index (χ0n) is 26.2. The van der Waals surface area contributed by atoms with Crippen molar-refractivity contribution in [2.75, 3.05) is 56.3 Å². The number of piperidine rings is 1. The number of pyridine rings is 1. The van der Waals surface area contributed by atoms with E-state index in [2.05, 4.69) is 32.2 Å². The van der Waals surface area contributed by atoms with Crippen LogP contribution in [0.4, 0.5) is 11.4 Å². The summed E-state index contributed by atoms with van der Waals surface area (Å²) in [6, 6.07) is 22.1. The summed E-state index contributed by atoms with van der Waals surface area (Å²) in [4.78, 5) is 37.0. The van der Waals surface area contributed by atoms with Crippen LogP contribution in [0.5, 0.6) is 23.1 Å². The fourth-order valence-electron chi connectivity index (χ4n) is 6.27. The lowest BCUT2D eigenvalue weighted by molar-refractivity contribution is -0.138. The van der Waals surface area contributed by atoms with Crippen LogP contribution in [0, 0.1) is 5.92 Å². The number of aromatic nitrogens is 1. The summed E-state index contributed by atoms with van der Waals surface area (Å²) in [5.74, 6) is 2.70. The first kappa shape index (κ1) is 32.1. The number of halogens is 2. The highest BCUT2D eigenvalue weighted by molar-refractivity contribution is 6.42. The van der Waals surface area contributed by atoms with Crippen molar-refractivity contribution in [3.8, 4) is 23.1 Å². The van der Waals surface area contributed by atoms with Gasteiger partial charge in [0.1, 0.15) is 5.75 Å². The summed E-state index contributed by atoms with van der Waals surface area (Å²) >= 11 is 12.0. The molecule has 4 aromatic rings. The number of nitrogens with one attached hydrogen (secondary N) is 1. The predicted octanol–water partition coefficient (Wildman–Crippen LogP) is 6.72. The van der Waals surface area contributed by atoms with E-state index in [9.17, 15) is 9.59 Å². The van der Waals surface area contributed by atoms with Gasteiger partial charge in [-0.2, -0.15) is 0 Å². The maximum absolute atomic E-state index is 13.4. The molecule has 0 saturated carbocycles. The molecule has 0 radical (unpaired) electrons. The Morgan fingerprint density at radius 1 is 0.833 bits per heavy atom. The Hall–Kier alpha value is -4.51. The van der Waals surface area contributed by atoms with Crippen molar-refractivity contribution in [2.45, 2.75) is 19.4 Å². The zero-order chi connectivity index (χ0) is 33.0. The van der Waals surface area contributed by atoms with Gasteiger partial charge in [0.05, 0.1) is 21.9 Å². The monoisotopic (exact) mass is 687 g/mol. The number of hydrogen-bond acceptors (Lipinski definition) is 8. The zero-order valence-corrected chi connectivity index (χ0v) is 27.8. The topological polar surface area (TPSA) is 96.5 Å². The third-order valence-electron chi connectivity index (χ3n) is 8.97. The molecule has 0 unspecified atom stereocenters. The van der Waals surface area contributed by atoms with Crippen LogP contribution in [-0.2, 0) is 11.3 Å². The van der Waals surface area contributed by atoms with Crippen LogP contribution in [-0.4, -0.2) is 72.7 Å². The van der Waals surface area contributed by atoms with Crippen molar-refractivity contribution in [1.82, 2.24) is 14.8 Å². The second kappa shape index (κ2) is 14.3. The van der Waals surface area contributed by atoms with E-state index in [4.69, 9.17) is 37.4 Å². The van der Waals surface area contributed by atoms with Gasteiger partial charge in [0, 0.05) is 69.0 Å². The first-order valence-electron chi connectivity index (χ1n) is 16.0. The van der Waals surface area contributed by atoms with Gasteiger partial charge in [0.15, 0.2) is 11.5 Å². The Balaban J connectivity index is 0.845. The molecule has 2 amide bonds. The maximum atomic E-state index is 13.4. The number of nitrogens with zero attached hydrogens (tertiary/aromatic N) is 4. The van der Waals surface area contributed by atoms with Gasteiger partial charge in [-0.05, 0) is 79.1 Å². The van der Waals surface area contributed by atoms with E-state index < -0.39 is 0 Å². The fourth-order valence-corrected chi connectivity index (χ4v) is 6.57. The molecule has 0 bridgehead atoms. The molecule has 48 heavy (non-hydrogen) atoms. The molecular weight excluding hydrogens is 653 g/mol. The molecule has 0 spiro atoms. The number of hydrogen-bond donors (Lipinski definition) is 1. The van der Waals surface area contributed by atoms with Gasteiger partial charge in [-0.1, -0.05) is 29.3 Å². The number of piperazine rings is 1. The second-order valence-corrected chi connectivity index (χ2v) is 12.9. The molecule has 4 heterocycles. The quantitative estimate of drug-likeness (QED) is 0.218. The molecule has 12 heteroatoms. The Labute approximate surface area is 289 Å². The van der Waals surface area contributed by atoms with Crippen molar-refractivity contribution in [3.63, 3.8) is 0 Å². The Morgan fingerprint density at radius 3 is 2.33 bits per heavy atom. The van der Waals surface area contributed by atoms with Gasteiger partial charge in [-0.3, -0.25) is 14.5 Å². The smallest absolute Gasteiger partial charge is 0.255 e. The van der Waals surface area contributed by atoms with Crippen molar-refractivity contribution >= 4 is 46.4 Å². The van der Waals surface area contributed by atoms with E-state index in [1.165, 1.54) is 17.8 Å². The summed E-state index contributed by atoms with van der Waals surface area (Å²) in [6.45, 7) is 6.03. The summed E-state index contributed by atoms with van der Waals surface area (Å²) in [7, 11) is 0. The van der Waals surface area contributed by atoms with E-state index >= 15 is 0 Å². The van der Waals surface area contributed by atoms with Crippen molar-refractivity contribution in [2.24, 2.45) is 5.92 Å². The minimum absolute atomic E-state index is 0.0621. The number of anilines is 2. The molecule has 1 aromatic heterocycles. The highest BCUT2D eigenvalue weighted by Gasteiger charge is 2.30. The van der Waals surface area contributed by atoms with Crippen LogP contribution in [0.2, 0.25) is 10.0 Å². The average molecular weight is 689 g/mol. The minimum atomic E-state index is -0.319. The van der Waals surface area contributed by atoms with E-state index in [-0.39, 0.29) is 24.5 Å². The van der Waals surface area contributed by atoms with E-state index in [0.717, 1.165) is 75.8 Å². The summed E-state index contributed by atoms with van der Waals surface area (Å²) in [5.41, 5.74) is 3.21.